The lowest BCUT2D eigenvalue weighted by atomic mass is 10.0. The van der Waals surface area contributed by atoms with Crippen LogP contribution >= 0.6 is 15.6 Å². The molecule has 100 heavy (non-hydrogen) atoms. The molecule has 5 atom stereocenters. The van der Waals surface area contributed by atoms with E-state index in [1.165, 1.54) is 186 Å². The third kappa shape index (κ3) is 73.1. The molecule has 0 saturated heterocycles. The fourth-order valence-corrected chi connectivity index (χ4v) is 12.8. The summed E-state index contributed by atoms with van der Waals surface area (Å²) < 4.78 is 68.6. The first-order valence-corrected chi connectivity index (χ1v) is 43.5. The van der Waals surface area contributed by atoms with Gasteiger partial charge in [-0.1, -0.05) is 320 Å². The molecule has 584 valence electrons. The second kappa shape index (κ2) is 74.0. The van der Waals surface area contributed by atoms with E-state index in [0.717, 1.165) is 103 Å². The van der Waals surface area contributed by atoms with Gasteiger partial charge in [-0.3, -0.25) is 37.3 Å². The van der Waals surface area contributed by atoms with Crippen LogP contribution in [0.5, 0.6) is 0 Å². The van der Waals surface area contributed by atoms with Crippen LogP contribution in [0.4, 0.5) is 0 Å². The number of hydrogen-bond acceptors (Lipinski definition) is 15. The van der Waals surface area contributed by atoms with Gasteiger partial charge in [-0.05, 0) is 89.9 Å². The third-order valence-corrected chi connectivity index (χ3v) is 19.4. The molecule has 19 heteroatoms. The Morgan fingerprint density at radius 2 is 0.500 bits per heavy atom. The topological polar surface area (TPSA) is 237 Å². The molecule has 0 amide bonds. The van der Waals surface area contributed by atoms with Gasteiger partial charge in [0.25, 0.3) is 0 Å². The zero-order valence-electron chi connectivity index (χ0n) is 63.9. The van der Waals surface area contributed by atoms with Gasteiger partial charge in [0.1, 0.15) is 19.3 Å². The van der Waals surface area contributed by atoms with E-state index in [9.17, 15) is 43.2 Å². The normalized spacial score (nSPS) is 14.2. The highest BCUT2D eigenvalue weighted by Crippen LogP contribution is 2.45. The minimum absolute atomic E-state index is 0.0243. The molecule has 0 aliphatic carbocycles. The van der Waals surface area contributed by atoms with Gasteiger partial charge in [0.2, 0.25) is 0 Å². The van der Waals surface area contributed by atoms with E-state index in [0.29, 0.717) is 32.1 Å². The number of phosphoric ester groups is 2. The molecule has 0 aromatic rings. The standard InChI is InChI=1S/C81H148O17P2/c1-5-9-13-17-21-25-29-33-36-37-40-44-48-52-56-60-64-68-81(86)98-77(72-92-79(84)66-62-58-54-50-46-42-38-34-30-26-22-18-14-10-6-2)74-96-100(89,90)94-70-75(82)69-93-99(87,88)95-73-76(71-91-78(83)65-61-57-53-49-45-41-32-28-24-20-16-12-8-4)97-80(85)67-63-59-55-51-47-43-39-35-31-27-23-19-15-11-7-3/h21,25,33,35-36,39-40,44,52,56,75-77,82H,5-20,22-24,26-32,34,37-38,41-43,45-51,53-55,57-74H2,1-4H3,(H,87,88)(H,89,90)/b25-21-,36-33-,39-35-,44-40-,56-52-/t75-,76-,77-/m1/s1. The largest absolute Gasteiger partial charge is 0.472 e. The van der Waals surface area contributed by atoms with Gasteiger partial charge in [-0.2, -0.15) is 0 Å². The Morgan fingerprint density at radius 1 is 0.280 bits per heavy atom. The number of aliphatic hydroxyl groups is 1. The summed E-state index contributed by atoms with van der Waals surface area (Å²) in [5.41, 5.74) is 0. The SMILES string of the molecule is CCCCC/C=C\C/C=C\C/C=C\C/C=C\CCCC(=O)O[C@H](COC(=O)CCCCCCCCCCCCCCCCC)COP(=O)(O)OC[C@H](O)COP(=O)(O)OC[C@@H](COC(=O)CCCCCCCCCCCCCCC)OC(=O)CCCCCCC/C=C\CCCCCCCC. The van der Waals surface area contributed by atoms with Gasteiger partial charge in [-0.25, -0.2) is 9.13 Å². The van der Waals surface area contributed by atoms with Crippen molar-refractivity contribution in [2.24, 2.45) is 0 Å². The molecule has 0 heterocycles. The summed E-state index contributed by atoms with van der Waals surface area (Å²) >= 11 is 0. The Kier molecular flexibility index (Phi) is 71.6. The Labute approximate surface area is 610 Å². The molecule has 17 nitrogen and oxygen atoms in total. The average molecular weight is 1460 g/mol. The van der Waals surface area contributed by atoms with Gasteiger partial charge < -0.3 is 33.8 Å². The van der Waals surface area contributed by atoms with E-state index in [-0.39, 0.29) is 25.7 Å². The number of carbonyl (C=O) groups is 4. The number of ether oxygens (including phenoxy) is 4. The molecular weight excluding hydrogens is 1310 g/mol. The van der Waals surface area contributed by atoms with Crippen molar-refractivity contribution in [3.8, 4) is 0 Å². The minimum Gasteiger partial charge on any atom is -0.462 e. The highest BCUT2D eigenvalue weighted by atomic mass is 31.2. The summed E-state index contributed by atoms with van der Waals surface area (Å²) in [6.07, 6.45) is 73.4. The molecule has 0 aromatic carbocycles. The molecule has 0 bridgehead atoms. The van der Waals surface area contributed by atoms with Crippen LogP contribution in [0.25, 0.3) is 0 Å². The molecule has 0 fully saturated rings. The maximum atomic E-state index is 13.1. The second-order valence-electron chi connectivity index (χ2n) is 27.4. The van der Waals surface area contributed by atoms with Crippen LogP contribution in [0.3, 0.4) is 0 Å². The van der Waals surface area contributed by atoms with Crippen LogP contribution in [-0.2, 0) is 65.4 Å². The average Bonchev–Trinajstić information content (AvgIpc) is 1.22. The number of rotatable bonds is 77. The van der Waals surface area contributed by atoms with E-state index in [4.69, 9.17) is 37.0 Å². The van der Waals surface area contributed by atoms with Crippen molar-refractivity contribution in [3.05, 3.63) is 60.8 Å². The molecule has 0 saturated carbocycles. The molecule has 2 unspecified atom stereocenters. The first-order chi connectivity index (χ1) is 48.7. The lowest BCUT2D eigenvalue weighted by Gasteiger charge is -2.21. The molecule has 0 aliphatic rings. The number of allylic oxidation sites excluding steroid dienone is 10. The molecule has 0 radical (unpaired) electrons. The summed E-state index contributed by atoms with van der Waals surface area (Å²) in [5, 5.41) is 10.6. The number of esters is 4. The molecular formula is C81H148O17P2. The van der Waals surface area contributed by atoms with E-state index < -0.39 is 97.5 Å². The fourth-order valence-electron chi connectivity index (χ4n) is 11.3. The lowest BCUT2D eigenvalue weighted by molar-refractivity contribution is -0.161. The van der Waals surface area contributed by atoms with Crippen molar-refractivity contribution in [3.63, 3.8) is 0 Å². The maximum absolute atomic E-state index is 13.1. The first kappa shape index (κ1) is 96.8. The Hall–Kier alpha value is -3.24. The van der Waals surface area contributed by atoms with Crippen molar-refractivity contribution in [2.45, 2.75) is 393 Å². The molecule has 0 aromatic heterocycles. The van der Waals surface area contributed by atoms with Crippen LogP contribution < -0.4 is 0 Å². The van der Waals surface area contributed by atoms with E-state index in [2.05, 4.69) is 76.3 Å². The highest BCUT2D eigenvalue weighted by Gasteiger charge is 2.30. The summed E-state index contributed by atoms with van der Waals surface area (Å²) in [4.78, 5) is 73.0. The van der Waals surface area contributed by atoms with E-state index in [1.807, 2.05) is 12.2 Å². The van der Waals surface area contributed by atoms with Crippen LogP contribution in [0.15, 0.2) is 60.8 Å². The summed E-state index contributed by atoms with van der Waals surface area (Å²) in [5.74, 6) is -2.21. The van der Waals surface area contributed by atoms with Crippen molar-refractivity contribution < 1.29 is 80.2 Å². The van der Waals surface area contributed by atoms with E-state index >= 15 is 0 Å². The minimum atomic E-state index is -4.98. The third-order valence-electron chi connectivity index (χ3n) is 17.5. The van der Waals surface area contributed by atoms with Crippen molar-refractivity contribution in [2.75, 3.05) is 39.6 Å². The maximum Gasteiger partial charge on any atom is 0.472 e. The lowest BCUT2D eigenvalue weighted by Crippen LogP contribution is -2.30. The molecule has 0 spiro atoms. The van der Waals surface area contributed by atoms with Crippen molar-refractivity contribution in [1.29, 1.82) is 0 Å². The first-order valence-electron chi connectivity index (χ1n) is 40.5. The Bertz CT molecular complexity index is 2130. The van der Waals surface area contributed by atoms with Gasteiger partial charge in [0.15, 0.2) is 12.2 Å². The quantitative estimate of drug-likeness (QED) is 0.0169. The van der Waals surface area contributed by atoms with Crippen LogP contribution in [0.2, 0.25) is 0 Å². The highest BCUT2D eigenvalue weighted by molar-refractivity contribution is 7.47. The van der Waals surface area contributed by atoms with Gasteiger partial charge >= 0.3 is 39.5 Å². The van der Waals surface area contributed by atoms with Gasteiger partial charge in [0, 0.05) is 25.7 Å². The Balaban J connectivity index is 5.37. The number of carbonyl (C=O) groups excluding carboxylic acids is 4. The zero-order chi connectivity index (χ0) is 73.2. The van der Waals surface area contributed by atoms with Crippen LogP contribution in [0, 0.1) is 0 Å². The number of phosphoric acid groups is 2. The van der Waals surface area contributed by atoms with Crippen molar-refractivity contribution >= 4 is 39.5 Å². The van der Waals surface area contributed by atoms with Gasteiger partial charge in [-0.15, -0.1) is 0 Å². The second-order valence-corrected chi connectivity index (χ2v) is 30.3. The molecule has 0 aliphatic heterocycles. The van der Waals surface area contributed by atoms with Crippen LogP contribution in [-0.4, -0.2) is 96.7 Å². The predicted octanol–water partition coefficient (Wildman–Crippen LogP) is 23.5. The summed E-state index contributed by atoms with van der Waals surface area (Å²) in [7, 11) is -9.96. The molecule has 0 rings (SSSR count). The number of unbranched alkanes of at least 4 members (excludes halogenated alkanes) is 41. The smallest absolute Gasteiger partial charge is 0.462 e. The fraction of sp³-hybridized carbons (Fsp3) is 0.827. The Morgan fingerprint density at radius 3 is 0.820 bits per heavy atom. The number of hydrogen-bond donors (Lipinski definition) is 3. The van der Waals surface area contributed by atoms with E-state index in [1.54, 1.807) is 0 Å². The summed E-state index contributed by atoms with van der Waals surface area (Å²) in [6, 6.07) is 0. The monoisotopic (exact) mass is 1460 g/mol. The predicted molar refractivity (Wildman–Crippen MR) is 409 cm³/mol. The zero-order valence-corrected chi connectivity index (χ0v) is 65.7. The van der Waals surface area contributed by atoms with Crippen LogP contribution in [0.1, 0.15) is 374 Å². The number of aliphatic hydroxyl groups excluding tert-OH is 1. The summed E-state index contributed by atoms with van der Waals surface area (Å²) in [6.45, 7) is 4.85. The van der Waals surface area contributed by atoms with Gasteiger partial charge in [0.05, 0.1) is 26.4 Å². The molecule has 3 N–H and O–H groups in total. The van der Waals surface area contributed by atoms with Crippen molar-refractivity contribution in [1.82, 2.24) is 0 Å².